The van der Waals surface area contributed by atoms with E-state index in [4.69, 9.17) is 11.6 Å². The van der Waals surface area contributed by atoms with Crippen LogP contribution in [0.25, 0.3) is 0 Å². The number of rotatable bonds is 2. The summed E-state index contributed by atoms with van der Waals surface area (Å²) in [7, 11) is 0. The van der Waals surface area contributed by atoms with Crippen molar-refractivity contribution >= 4 is 23.2 Å². The topological polar surface area (TPSA) is 29.1 Å². The molecule has 1 aromatic carbocycles. The van der Waals surface area contributed by atoms with E-state index in [-0.39, 0.29) is 11.8 Å². The van der Waals surface area contributed by atoms with Crippen LogP contribution in [0.15, 0.2) is 18.2 Å². The summed E-state index contributed by atoms with van der Waals surface area (Å²) in [6.07, 6.45) is 1.89. The Hall–Kier alpha value is -1.02. The van der Waals surface area contributed by atoms with Crippen LogP contribution in [0.3, 0.4) is 0 Å². The predicted octanol–water partition coefficient (Wildman–Crippen LogP) is 3.18. The van der Waals surface area contributed by atoms with Crippen molar-refractivity contribution in [2.75, 3.05) is 5.32 Å². The summed E-state index contributed by atoms with van der Waals surface area (Å²) in [5, 5.41) is 3.56. The van der Waals surface area contributed by atoms with Crippen LogP contribution in [0.1, 0.15) is 31.2 Å². The molecule has 0 radical (unpaired) electrons. The summed E-state index contributed by atoms with van der Waals surface area (Å²) >= 11 is 5.90. The number of carbonyl (C=O) groups excluding carboxylic acids is 1. The number of fused-ring (bicyclic) bond motifs is 1. The Morgan fingerprint density at radius 3 is 3.00 bits per heavy atom. The highest BCUT2D eigenvalue weighted by molar-refractivity contribution is 6.31. The molecular weight excluding hydrogens is 198 g/mol. The van der Waals surface area contributed by atoms with Gasteiger partial charge in [0.05, 0.1) is 5.92 Å². The van der Waals surface area contributed by atoms with Crippen molar-refractivity contribution in [3.8, 4) is 0 Å². The van der Waals surface area contributed by atoms with Gasteiger partial charge < -0.3 is 5.32 Å². The van der Waals surface area contributed by atoms with E-state index in [0.29, 0.717) is 5.02 Å². The van der Waals surface area contributed by atoms with Crippen LogP contribution in [0.4, 0.5) is 5.69 Å². The maximum atomic E-state index is 11.6. The highest BCUT2D eigenvalue weighted by Gasteiger charge is 2.29. The lowest BCUT2D eigenvalue weighted by atomic mass is 9.96. The molecule has 2 nitrogen and oxygen atoms in total. The number of hydrogen-bond acceptors (Lipinski definition) is 1. The first-order valence-electron chi connectivity index (χ1n) is 4.82. The van der Waals surface area contributed by atoms with Gasteiger partial charge in [-0.1, -0.05) is 24.9 Å². The van der Waals surface area contributed by atoms with Gasteiger partial charge in [-0.05, 0) is 30.2 Å². The van der Waals surface area contributed by atoms with Crippen LogP contribution in [0.5, 0.6) is 0 Å². The molecule has 1 aliphatic heterocycles. The van der Waals surface area contributed by atoms with E-state index in [1.165, 1.54) is 0 Å². The van der Waals surface area contributed by atoms with E-state index in [1.54, 1.807) is 6.07 Å². The van der Waals surface area contributed by atoms with Gasteiger partial charge in [0.1, 0.15) is 0 Å². The number of hydrogen-bond donors (Lipinski definition) is 1. The fourth-order valence-corrected chi connectivity index (χ4v) is 2.05. The zero-order chi connectivity index (χ0) is 10.1. The molecule has 1 amide bonds. The largest absolute Gasteiger partial charge is 0.325 e. The van der Waals surface area contributed by atoms with Crippen molar-refractivity contribution in [2.24, 2.45) is 0 Å². The van der Waals surface area contributed by atoms with Gasteiger partial charge in [-0.15, -0.1) is 0 Å². The molecule has 0 aromatic heterocycles. The van der Waals surface area contributed by atoms with E-state index < -0.39 is 0 Å². The first kappa shape index (κ1) is 9.53. The van der Waals surface area contributed by atoms with E-state index in [0.717, 1.165) is 24.1 Å². The molecule has 1 N–H and O–H groups in total. The quantitative estimate of drug-likeness (QED) is 0.797. The second-order valence-electron chi connectivity index (χ2n) is 3.56. The Balaban J connectivity index is 2.39. The molecule has 0 bridgehead atoms. The number of halogens is 1. The Morgan fingerprint density at radius 1 is 1.50 bits per heavy atom. The fraction of sp³-hybridized carbons (Fsp3) is 0.364. The number of benzene rings is 1. The third-order valence-corrected chi connectivity index (χ3v) is 2.78. The highest BCUT2D eigenvalue weighted by atomic mass is 35.5. The average molecular weight is 210 g/mol. The lowest BCUT2D eigenvalue weighted by Crippen LogP contribution is -2.11. The van der Waals surface area contributed by atoms with Crippen molar-refractivity contribution in [2.45, 2.75) is 25.7 Å². The van der Waals surface area contributed by atoms with Crippen LogP contribution in [-0.2, 0) is 4.79 Å². The maximum absolute atomic E-state index is 11.6. The van der Waals surface area contributed by atoms with Crippen LogP contribution < -0.4 is 5.32 Å². The molecule has 1 heterocycles. The van der Waals surface area contributed by atoms with Crippen molar-refractivity contribution in [3.63, 3.8) is 0 Å². The smallest absolute Gasteiger partial charge is 0.232 e. The van der Waals surface area contributed by atoms with Crippen molar-refractivity contribution < 1.29 is 4.79 Å². The summed E-state index contributed by atoms with van der Waals surface area (Å²) in [6.45, 7) is 2.08. The minimum atomic E-state index is -0.00583. The van der Waals surface area contributed by atoms with Gasteiger partial charge in [0.25, 0.3) is 0 Å². The van der Waals surface area contributed by atoms with Gasteiger partial charge in [-0.25, -0.2) is 0 Å². The van der Waals surface area contributed by atoms with Crippen LogP contribution in [0.2, 0.25) is 5.02 Å². The molecule has 1 aromatic rings. The summed E-state index contributed by atoms with van der Waals surface area (Å²) in [5.41, 5.74) is 1.96. The molecule has 0 aliphatic carbocycles. The molecule has 0 fully saturated rings. The van der Waals surface area contributed by atoms with Gasteiger partial charge in [-0.3, -0.25) is 4.79 Å². The molecule has 1 unspecified atom stereocenters. The monoisotopic (exact) mass is 209 g/mol. The highest BCUT2D eigenvalue weighted by Crippen LogP contribution is 2.36. The van der Waals surface area contributed by atoms with Gasteiger partial charge in [0.2, 0.25) is 5.91 Å². The minimum absolute atomic E-state index is 0.00583. The molecule has 1 aliphatic rings. The van der Waals surface area contributed by atoms with Gasteiger partial charge >= 0.3 is 0 Å². The van der Waals surface area contributed by atoms with Crippen molar-refractivity contribution in [1.29, 1.82) is 0 Å². The minimum Gasteiger partial charge on any atom is -0.325 e. The van der Waals surface area contributed by atoms with E-state index in [2.05, 4.69) is 12.2 Å². The van der Waals surface area contributed by atoms with Gasteiger partial charge in [-0.2, -0.15) is 0 Å². The van der Waals surface area contributed by atoms with Crippen molar-refractivity contribution in [1.82, 2.24) is 0 Å². The first-order chi connectivity index (χ1) is 6.72. The number of amides is 1. The SMILES string of the molecule is CCCC1C(=O)Nc2ccc(Cl)cc21. The Labute approximate surface area is 88.3 Å². The summed E-state index contributed by atoms with van der Waals surface area (Å²) in [6, 6.07) is 5.55. The molecule has 0 saturated carbocycles. The summed E-state index contributed by atoms with van der Waals surface area (Å²) < 4.78 is 0. The number of anilines is 1. The average Bonchev–Trinajstić information content (AvgIpc) is 2.45. The third-order valence-electron chi connectivity index (χ3n) is 2.54. The molecule has 0 saturated heterocycles. The van der Waals surface area contributed by atoms with Gasteiger partial charge in [0.15, 0.2) is 0 Å². The summed E-state index contributed by atoms with van der Waals surface area (Å²) in [4.78, 5) is 11.6. The summed E-state index contributed by atoms with van der Waals surface area (Å²) in [5.74, 6) is 0.0952. The standard InChI is InChI=1S/C11H12ClNO/c1-2-3-8-9-6-7(12)4-5-10(9)13-11(8)14/h4-6,8H,2-3H2,1H3,(H,13,14). The molecule has 2 rings (SSSR count). The molecule has 1 atom stereocenters. The molecule has 74 valence electrons. The number of carbonyl (C=O) groups is 1. The Morgan fingerprint density at radius 2 is 2.29 bits per heavy atom. The second kappa shape index (κ2) is 3.62. The molecule has 3 heteroatoms. The predicted molar refractivity (Wildman–Crippen MR) is 57.7 cm³/mol. The third kappa shape index (κ3) is 1.50. The first-order valence-corrected chi connectivity index (χ1v) is 5.20. The molecule has 14 heavy (non-hydrogen) atoms. The Kier molecular flexibility index (Phi) is 2.46. The zero-order valence-electron chi connectivity index (χ0n) is 8.01. The van der Waals surface area contributed by atoms with Gasteiger partial charge in [0, 0.05) is 10.7 Å². The van der Waals surface area contributed by atoms with E-state index >= 15 is 0 Å². The maximum Gasteiger partial charge on any atom is 0.232 e. The second-order valence-corrected chi connectivity index (χ2v) is 4.00. The number of nitrogens with one attached hydrogen (secondary N) is 1. The molecular formula is C11H12ClNO. The fourth-order valence-electron chi connectivity index (χ4n) is 1.87. The van der Waals surface area contributed by atoms with Crippen LogP contribution >= 0.6 is 11.6 Å². The zero-order valence-corrected chi connectivity index (χ0v) is 8.77. The van der Waals surface area contributed by atoms with E-state index in [1.807, 2.05) is 12.1 Å². The molecule has 0 spiro atoms. The lowest BCUT2D eigenvalue weighted by molar-refractivity contribution is -0.117. The lowest BCUT2D eigenvalue weighted by Gasteiger charge is -2.06. The van der Waals surface area contributed by atoms with Crippen LogP contribution in [0, 0.1) is 0 Å². The Bertz CT molecular complexity index is 376. The van der Waals surface area contributed by atoms with E-state index in [9.17, 15) is 4.79 Å². The normalized spacial score (nSPS) is 19.3. The van der Waals surface area contributed by atoms with Crippen molar-refractivity contribution in [3.05, 3.63) is 28.8 Å². The van der Waals surface area contributed by atoms with Crippen LogP contribution in [-0.4, -0.2) is 5.91 Å².